The van der Waals surface area contributed by atoms with Gasteiger partial charge in [0.2, 0.25) is 0 Å². The summed E-state index contributed by atoms with van der Waals surface area (Å²) in [7, 11) is 0.0843. The van der Waals surface area contributed by atoms with Crippen molar-refractivity contribution in [2.45, 2.75) is 6.42 Å². The second-order valence-corrected chi connectivity index (χ2v) is 5.12. The molecule has 0 radical (unpaired) electrons. The van der Waals surface area contributed by atoms with Gasteiger partial charge in [-0.05, 0) is 29.8 Å². The molecular formula is C15H13N4OP. The van der Waals surface area contributed by atoms with E-state index in [2.05, 4.69) is 20.5 Å². The third kappa shape index (κ3) is 3.03. The predicted octanol–water partition coefficient (Wildman–Crippen LogP) is 2.88. The minimum absolute atomic E-state index is 0.0843. The highest BCUT2D eigenvalue weighted by Crippen LogP contribution is 2.24. The molecule has 0 fully saturated rings. The molecule has 1 aliphatic heterocycles. The molecule has 1 aliphatic rings. The molecule has 1 N–H and O–H groups in total. The molecule has 0 spiro atoms. The second-order valence-electron chi connectivity index (χ2n) is 4.54. The van der Waals surface area contributed by atoms with Gasteiger partial charge >= 0.3 is 0 Å². The molecule has 0 unspecified atom stereocenters. The first-order valence-electron chi connectivity index (χ1n) is 6.55. The molecule has 6 heteroatoms. The number of hydrogen-bond acceptors (Lipinski definition) is 5. The molecule has 0 atom stereocenters. The van der Waals surface area contributed by atoms with Crippen LogP contribution in [0.25, 0.3) is 5.70 Å². The fraction of sp³-hybridized carbons (Fsp3) is 0.133. The SMILES string of the molecule is O=PCC1=C(c2ccccn2)NN=C(c2ccccn2)C1. The number of nitrogens with one attached hydrogen (secondary N) is 1. The van der Waals surface area contributed by atoms with Gasteiger partial charge in [0.25, 0.3) is 0 Å². The van der Waals surface area contributed by atoms with E-state index in [1.807, 2.05) is 36.4 Å². The number of hydrazone groups is 1. The van der Waals surface area contributed by atoms with Crippen molar-refractivity contribution in [3.63, 3.8) is 0 Å². The molecule has 0 aliphatic carbocycles. The molecule has 0 amide bonds. The number of hydrogen-bond donors (Lipinski definition) is 1. The topological polar surface area (TPSA) is 67.2 Å². The summed E-state index contributed by atoms with van der Waals surface area (Å²) in [6.45, 7) is 0. The Labute approximate surface area is 124 Å². The summed E-state index contributed by atoms with van der Waals surface area (Å²) in [5.41, 5.74) is 7.36. The predicted molar refractivity (Wildman–Crippen MR) is 82.2 cm³/mol. The number of rotatable bonds is 4. The number of allylic oxidation sites excluding steroid dienone is 1. The zero-order chi connectivity index (χ0) is 14.5. The lowest BCUT2D eigenvalue weighted by atomic mass is 10.0. The maximum Gasteiger partial charge on any atom is 0.159 e. The Morgan fingerprint density at radius 1 is 1.05 bits per heavy atom. The number of nitrogens with zero attached hydrogens (tertiary/aromatic N) is 3. The summed E-state index contributed by atoms with van der Waals surface area (Å²) in [6, 6.07) is 11.4. The van der Waals surface area contributed by atoms with Crippen molar-refractivity contribution in [3.8, 4) is 0 Å². The maximum absolute atomic E-state index is 11.1. The van der Waals surface area contributed by atoms with Crippen LogP contribution in [0.5, 0.6) is 0 Å². The third-order valence-electron chi connectivity index (χ3n) is 3.17. The van der Waals surface area contributed by atoms with Crippen LogP contribution in [0.3, 0.4) is 0 Å². The summed E-state index contributed by atoms with van der Waals surface area (Å²) < 4.78 is 11.1. The van der Waals surface area contributed by atoms with Crippen LogP contribution < -0.4 is 5.43 Å². The van der Waals surface area contributed by atoms with E-state index in [-0.39, 0.29) is 8.46 Å². The van der Waals surface area contributed by atoms with Crippen molar-refractivity contribution in [2.75, 3.05) is 6.16 Å². The average Bonchev–Trinajstić information content (AvgIpc) is 2.57. The van der Waals surface area contributed by atoms with Crippen LogP contribution >= 0.6 is 8.46 Å². The van der Waals surface area contributed by atoms with Crippen molar-refractivity contribution >= 4 is 19.9 Å². The van der Waals surface area contributed by atoms with Gasteiger partial charge in [-0.2, -0.15) is 5.10 Å². The Morgan fingerprint density at radius 3 is 2.38 bits per heavy atom. The first-order valence-corrected chi connectivity index (χ1v) is 7.55. The van der Waals surface area contributed by atoms with Crippen molar-refractivity contribution in [3.05, 3.63) is 65.8 Å². The highest BCUT2D eigenvalue weighted by Gasteiger charge is 2.19. The summed E-state index contributed by atoms with van der Waals surface area (Å²) in [4.78, 5) is 8.63. The molecule has 0 saturated heterocycles. The lowest BCUT2D eigenvalue weighted by Crippen LogP contribution is -2.21. The Kier molecular flexibility index (Phi) is 4.12. The molecule has 5 nitrogen and oxygen atoms in total. The quantitative estimate of drug-likeness (QED) is 0.881. The molecule has 0 aromatic carbocycles. The molecular weight excluding hydrogens is 283 g/mol. The maximum atomic E-state index is 11.1. The Morgan fingerprint density at radius 2 is 1.76 bits per heavy atom. The molecule has 21 heavy (non-hydrogen) atoms. The van der Waals surface area contributed by atoms with Gasteiger partial charge in [0.05, 0.1) is 29.0 Å². The van der Waals surface area contributed by atoms with Crippen LogP contribution in [0, 0.1) is 0 Å². The number of pyridine rings is 2. The van der Waals surface area contributed by atoms with E-state index in [4.69, 9.17) is 0 Å². The van der Waals surface area contributed by atoms with Gasteiger partial charge in [-0.25, -0.2) is 0 Å². The monoisotopic (exact) mass is 296 g/mol. The fourth-order valence-corrected chi connectivity index (χ4v) is 2.60. The van der Waals surface area contributed by atoms with E-state index in [9.17, 15) is 4.57 Å². The average molecular weight is 296 g/mol. The van der Waals surface area contributed by atoms with E-state index in [1.165, 1.54) is 0 Å². The molecule has 0 bridgehead atoms. The largest absolute Gasteiger partial charge is 0.276 e. The van der Waals surface area contributed by atoms with Gasteiger partial charge in [0.1, 0.15) is 0 Å². The van der Waals surface area contributed by atoms with Crippen LogP contribution in [-0.2, 0) is 4.57 Å². The standard InChI is InChI=1S/C15H13N4OP/c20-21-10-11-9-14(12-5-1-3-7-16-12)18-19-15(11)13-6-2-4-8-17-13/h1-8,19H,9-10H2. The molecule has 3 heterocycles. The van der Waals surface area contributed by atoms with E-state index in [0.717, 1.165) is 28.4 Å². The minimum Gasteiger partial charge on any atom is -0.276 e. The third-order valence-corrected chi connectivity index (χ3v) is 3.68. The van der Waals surface area contributed by atoms with Crippen LogP contribution in [0.15, 0.2) is 59.5 Å². The molecule has 0 saturated carbocycles. The van der Waals surface area contributed by atoms with Crippen molar-refractivity contribution in [1.82, 2.24) is 15.4 Å². The van der Waals surface area contributed by atoms with E-state index < -0.39 is 0 Å². The van der Waals surface area contributed by atoms with Crippen LogP contribution in [0.2, 0.25) is 0 Å². The summed E-state index contributed by atoms with van der Waals surface area (Å²) in [5, 5.41) is 4.39. The molecule has 2 aromatic rings. The minimum atomic E-state index is 0.0843. The van der Waals surface area contributed by atoms with Crippen LogP contribution in [-0.4, -0.2) is 21.8 Å². The lowest BCUT2D eigenvalue weighted by molar-refractivity contribution is 0.599. The van der Waals surface area contributed by atoms with Gasteiger partial charge in [0, 0.05) is 18.8 Å². The Hall–Kier alpha value is -2.39. The van der Waals surface area contributed by atoms with Gasteiger partial charge in [-0.3, -0.25) is 20.0 Å². The Bertz CT molecular complexity index is 698. The Balaban J connectivity index is 1.93. The van der Waals surface area contributed by atoms with Crippen LogP contribution in [0.4, 0.5) is 0 Å². The fourth-order valence-electron chi connectivity index (χ4n) is 2.18. The zero-order valence-electron chi connectivity index (χ0n) is 11.2. The van der Waals surface area contributed by atoms with Crippen LogP contribution in [0.1, 0.15) is 17.8 Å². The second kappa shape index (κ2) is 6.37. The highest BCUT2D eigenvalue weighted by atomic mass is 31.1. The molecule has 104 valence electrons. The van der Waals surface area contributed by atoms with E-state index >= 15 is 0 Å². The normalized spacial score (nSPS) is 14.8. The molecule has 3 rings (SSSR count). The van der Waals surface area contributed by atoms with E-state index in [0.29, 0.717) is 12.6 Å². The summed E-state index contributed by atoms with van der Waals surface area (Å²) in [5.74, 6) is 0. The van der Waals surface area contributed by atoms with Crippen molar-refractivity contribution in [2.24, 2.45) is 5.10 Å². The highest BCUT2D eigenvalue weighted by molar-refractivity contribution is 7.24. The van der Waals surface area contributed by atoms with Crippen molar-refractivity contribution in [1.29, 1.82) is 0 Å². The van der Waals surface area contributed by atoms with Gasteiger partial charge in [-0.1, -0.05) is 12.1 Å². The lowest BCUT2D eigenvalue weighted by Gasteiger charge is -2.19. The van der Waals surface area contributed by atoms with Gasteiger partial charge in [0.15, 0.2) is 8.46 Å². The van der Waals surface area contributed by atoms with Gasteiger partial charge in [-0.15, -0.1) is 0 Å². The first-order chi connectivity index (χ1) is 10.4. The van der Waals surface area contributed by atoms with Crippen molar-refractivity contribution < 1.29 is 4.57 Å². The first kappa shape index (κ1) is 13.6. The summed E-state index contributed by atoms with van der Waals surface area (Å²) >= 11 is 0. The molecule has 2 aromatic heterocycles. The summed E-state index contributed by atoms with van der Waals surface area (Å²) in [6.07, 6.45) is 4.53. The van der Waals surface area contributed by atoms with E-state index in [1.54, 1.807) is 12.4 Å². The van der Waals surface area contributed by atoms with Gasteiger partial charge < -0.3 is 0 Å². The zero-order valence-corrected chi connectivity index (χ0v) is 12.1. The number of aromatic nitrogens is 2. The smallest absolute Gasteiger partial charge is 0.159 e.